The third-order valence-electron chi connectivity index (χ3n) is 13.3. The van der Waals surface area contributed by atoms with E-state index in [1.165, 1.54) is 88.0 Å². The van der Waals surface area contributed by atoms with Crippen LogP contribution in [-0.2, 0) is 9.31 Å². The standard InChI is InChI=1S/C54H67BO2/c1-30(2)36-23-42(32(5)6)51(43(24-36)33(7)8)49-29-48-46-27-38(55-56-53(13,14)54(15,16)57-55)21-22-41(46)50(28-47(48)39-19-17-18-20-40(39)49)52-44(34(9)10)25-37(31(3)4)26-45(52)35(11)12/h17-35H,1-16H3. The average Bonchev–Trinajstić information content (AvgIpc) is 3.38. The van der Waals surface area contributed by atoms with Gasteiger partial charge in [-0.1, -0.05) is 150 Å². The van der Waals surface area contributed by atoms with Gasteiger partial charge in [0.1, 0.15) is 0 Å². The van der Waals surface area contributed by atoms with E-state index in [-0.39, 0.29) is 0 Å². The van der Waals surface area contributed by atoms with Crippen LogP contribution in [0.3, 0.4) is 0 Å². The van der Waals surface area contributed by atoms with Gasteiger partial charge in [0.25, 0.3) is 0 Å². The molecule has 1 aliphatic heterocycles. The van der Waals surface area contributed by atoms with Crippen molar-refractivity contribution in [3.63, 3.8) is 0 Å². The van der Waals surface area contributed by atoms with E-state index in [2.05, 4.69) is 190 Å². The van der Waals surface area contributed by atoms with Crippen molar-refractivity contribution in [2.75, 3.05) is 0 Å². The number of hydrogen-bond acceptors (Lipinski definition) is 2. The van der Waals surface area contributed by atoms with Crippen LogP contribution in [-0.4, -0.2) is 18.3 Å². The Morgan fingerprint density at radius 3 is 1.12 bits per heavy atom. The topological polar surface area (TPSA) is 18.5 Å². The van der Waals surface area contributed by atoms with E-state index in [9.17, 15) is 0 Å². The van der Waals surface area contributed by atoms with Gasteiger partial charge in [-0.3, -0.25) is 0 Å². The van der Waals surface area contributed by atoms with Gasteiger partial charge in [0, 0.05) is 0 Å². The van der Waals surface area contributed by atoms with E-state index in [1.54, 1.807) is 0 Å². The third-order valence-corrected chi connectivity index (χ3v) is 13.3. The molecule has 0 radical (unpaired) electrons. The highest BCUT2D eigenvalue weighted by molar-refractivity contribution is 6.62. The largest absolute Gasteiger partial charge is 0.494 e. The zero-order valence-corrected chi connectivity index (χ0v) is 37.9. The van der Waals surface area contributed by atoms with E-state index in [1.807, 2.05) is 0 Å². The highest BCUT2D eigenvalue weighted by atomic mass is 16.7. The van der Waals surface area contributed by atoms with Gasteiger partial charge >= 0.3 is 7.12 Å². The van der Waals surface area contributed by atoms with E-state index in [0.29, 0.717) is 35.5 Å². The van der Waals surface area contributed by atoms with Crippen LogP contribution in [0.2, 0.25) is 0 Å². The molecule has 0 N–H and O–H groups in total. The normalized spacial score (nSPS) is 15.7. The molecule has 0 aromatic heterocycles. The molecule has 1 saturated heterocycles. The van der Waals surface area contributed by atoms with Crippen LogP contribution in [0.4, 0.5) is 0 Å². The highest BCUT2D eigenvalue weighted by Crippen LogP contribution is 2.48. The van der Waals surface area contributed by atoms with Crippen molar-refractivity contribution in [3.8, 4) is 22.3 Å². The quantitative estimate of drug-likeness (QED) is 0.108. The molecule has 6 aromatic carbocycles. The second-order valence-corrected chi connectivity index (χ2v) is 20.0. The molecule has 1 aliphatic rings. The first-order chi connectivity index (χ1) is 26.7. The fourth-order valence-electron chi connectivity index (χ4n) is 9.09. The molecule has 0 bridgehead atoms. The van der Waals surface area contributed by atoms with E-state index >= 15 is 0 Å². The predicted molar refractivity (Wildman–Crippen MR) is 250 cm³/mol. The molecule has 1 heterocycles. The van der Waals surface area contributed by atoms with Gasteiger partial charge in [0.2, 0.25) is 0 Å². The lowest BCUT2D eigenvalue weighted by Crippen LogP contribution is -2.41. The van der Waals surface area contributed by atoms with Crippen molar-refractivity contribution < 1.29 is 9.31 Å². The smallest absolute Gasteiger partial charge is 0.399 e. The maximum Gasteiger partial charge on any atom is 0.494 e. The fraction of sp³-hybridized carbons (Fsp3) is 0.444. The first-order valence-electron chi connectivity index (χ1n) is 21.9. The SMILES string of the molecule is CC(C)c1cc(C(C)C)c(-c2cc3c4cc(B5OC(C)(C)C(C)(C)O5)ccc4c(-c4c(C(C)C)cc(C(C)C)cc4C(C)C)cc3c3ccccc23)c(C(C)C)c1. The predicted octanol–water partition coefficient (Wildman–Crippen LogP) is 15.5. The maximum absolute atomic E-state index is 6.72. The molecule has 298 valence electrons. The number of fused-ring (bicyclic) bond motifs is 5. The van der Waals surface area contributed by atoms with Crippen LogP contribution < -0.4 is 5.46 Å². The zero-order chi connectivity index (χ0) is 41.5. The van der Waals surface area contributed by atoms with Crippen LogP contribution in [0.15, 0.2) is 78.9 Å². The van der Waals surface area contributed by atoms with Crippen LogP contribution >= 0.6 is 0 Å². The Labute approximate surface area is 344 Å². The van der Waals surface area contributed by atoms with Crippen molar-refractivity contribution in [1.82, 2.24) is 0 Å². The summed E-state index contributed by atoms with van der Waals surface area (Å²) in [5.41, 5.74) is 14.2. The minimum Gasteiger partial charge on any atom is -0.399 e. The first-order valence-corrected chi connectivity index (χ1v) is 21.9. The maximum atomic E-state index is 6.72. The summed E-state index contributed by atoms with van der Waals surface area (Å²) in [4.78, 5) is 0. The fourth-order valence-corrected chi connectivity index (χ4v) is 9.09. The van der Waals surface area contributed by atoms with Gasteiger partial charge in [0.15, 0.2) is 0 Å². The zero-order valence-electron chi connectivity index (χ0n) is 37.9. The Morgan fingerprint density at radius 1 is 0.386 bits per heavy atom. The van der Waals surface area contributed by atoms with Crippen molar-refractivity contribution >= 4 is 44.9 Å². The van der Waals surface area contributed by atoms with Gasteiger partial charge in [0.05, 0.1) is 11.2 Å². The highest BCUT2D eigenvalue weighted by Gasteiger charge is 2.51. The van der Waals surface area contributed by atoms with Crippen LogP contribution in [0.5, 0.6) is 0 Å². The van der Waals surface area contributed by atoms with Crippen LogP contribution in [0, 0.1) is 0 Å². The summed E-state index contributed by atoms with van der Waals surface area (Å²) in [6.45, 7) is 36.7. The van der Waals surface area contributed by atoms with Crippen molar-refractivity contribution in [1.29, 1.82) is 0 Å². The molecular weight excluding hydrogens is 691 g/mol. The Kier molecular flexibility index (Phi) is 10.9. The molecule has 2 nitrogen and oxygen atoms in total. The summed E-state index contributed by atoms with van der Waals surface area (Å²) >= 11 is 0. The molecule has 0 atom stereocenters. The summed E-state index contributed by atoms with van der Waals surface area (Å²) in [5.74, 6) is 2.38. The average molecular weight is 759 g/mol. The number of rotatable bonds is 9. The van der Waals surface area contributed by atoms with Gasteiger partial charge in [-0.25, -0.2) is 0 Å². The van der Waals surface area contributed by atoms with E-state index in [4.69, 9.17) is 9.31 Å². The Balaban J connectivity index is 1.67. The summed E-state index contributed by atoms with van der Waals surface area (Å²) in [6, 6.07) is 31.2. The van der Waals surface area contributed by atoms with Gasteiger partial charge in [-0.15, -0.1) is 0 Å². The van der Waals surface area contributed by atoms with Crippen molar-refractivity contribution in [3.05, 3.63) is 112 Å². The molecule has 0 spiro atoms. The second kappa shape index (κ2) is 15.0. The lowest BCUT2D eigenvalue weighted by molar-refractivity contribution is 0.00578. The molecular formula is C54H67BO2. The monoisotopic (exact) mass is 759 g/mol. The van der Waals surface area contributed by atoms with Crippen LogP contribution in [0.1, 0.15) is 180 Å². The van der Waals surface area contributed by atoms with E-state index < -0.39 is 18.3 Å². The van der Waals surface area contributed by atoms with E-state index in [0.717, 1.165) is 5.46 Å². The number of hydrogen-bond donors (Lipinski definition) is 0. The molecule has 7 rings (SSSR count). The molecule has 57 heavy (non-hydrogen) atoms. The summed E-state index contributed by atoms with van der Waals surface area (Å²) < 4.78 is 13.4. The molecule has 3 heteroatoms. The Morgan fingerprint density at radius 2 is 0.737 bits per heavy atom. The Bertz CT molecular complexity index is 2420. The first kappa shape index (κ1) is 41.3. The number of benzene rings is 6. The molecule has 0 amide bonds. The van der Waals surface area contributed by atoms with Gasteiger partial charge in [-0.2, -0.15) is 0 Å². The molecule has 0 aliphatic carbocycles. The molecule has 1 fully saturated rings. The summed E-state index contributed by atoms with van der Waals surface area (Å²) in [7, 11) is -0.454. The summed E-state index contributed by atoms with van der Waals surface area (Å²) in [6.07, 6.45) is 0. The van der Waals surface area contributed by atoms with Crippen LogP contribution in [0.25, 0.3) is 54.6 Å². The van der Waals surface area contributed by atoms with Crippen molar-refractivity contribution in [2.24, 2.45) is 0 Å². The molecule has 0 saturated carbocycles. The van der Waals surface area contributed by atoms with Crippen molar-refractivity contribution in [2.45, 2.75) is 157 Å². The minimum absolute atomic E-state index is 0.364. The Hall–Kier alpha value is -3.92. The molecule has 0 unspecified atom stereocenters. The third kappa shape index (κ3) is 7.16. The van der Waals surface area contributed by atoms with Gasteiger partial charge < -0.3 is 9.31 Å². The molecule has 6 aromatic rings. The lowest BCUT2D eigenvalue weighted by atomic mass is 9.75. The second-order valence-electron chi connectivity index (χ2n) is 20.0. The lowest BCUT2D eigenvalue weighted by Gasteiger charge is -2.32. The summed E-state index contributed by atoms with van der Waals surface area (Å²) in [5, 5.41) is 7.68. The minimum atomic E-state index is -0.454. The van der Waals surface area contributed by atoms with Gasteiger partial charge in [-0.05, 0) is 169 Å².